The molecule has 1 atom stereocenters. The van der Waals surface area contributed by atoms with Crippen molar-refractivity contribution in [2.75, 3.05) is 5.32 Å². The second kappa shape index (κ2) is 7.99. The van der Waals surface area contributed by atoms with Crippen LogP contribution < -0.4 is 10.6 Å². The van der Waals surface area contributed by atoms with Crippen molar-refractivity contribution >= 4 is 17.5 Å². The third-order valence-electron chi connectivity index (χ3n) is 3.50. The number of halogens is 4. The average Bonchev–Trinajstić information content (AvgIpc) is 2.53. The van der Waals surface area contributed by atoms with Gasteiger partial charge in [0.1, 0.15) is 11.9 Å². The summed E-state index contributed by atoms with van der Waals surface area (Å²) in [5, 5.41) is 4.90. The maximum absolute atomic E-state index is 13.3. The van der Waals surface area contributed by atoms with Crippen molar-refractivity contribution in [1.82, 2.24) is 5.32 Å². The van der Waals surface area contributed by atoms with Gasteiger partial charge in [-0.2, -0.15) is 13.2 Å². The second-order valence-electron chi connectivity index (χ2n) is 5.65. The summed E-state index contributed by atoms with van der Waals surface area (Å²) in [7, 11) is 0. The zero-order chi connectivity index (χ0) is 19.3. The zero-order valence-electron chi connectivity index (χ0n) is 13.7. The Bertz CT molecular complexity index is 789. The molecule has 1 unspecified atom stereocenters. The van der Waals surface area contributed by atoms with Gasteiger partial charge in [-0.3, -0.25) is 9.59 Å². The predicted molar refractivity (Wildman–Crippen MR) is 87.8 cm³/mol. The van der Waals surface area contributed by atoms with E-state index in [0.717, 1.165) is 24.3 Å². The number of amides is 2. The van der Waals surface area contributed by atoms with Crippen molar-refractivity contribution in [2.45, 2.75) is 25.6 Å². The number of alkyl halides is 3. The number of rotatable bonds is 5. The molecule has 0 saturated carbocycles. The standard InChI is InChI=1S/C18H16F4N2O2/c1-11(25)23-16(10-12-3-2-4-14(19)9-12)17(26)24-15-7-5-13(6-8-15)18(20,21)22/h2-9,16H,10H2,1H3,(H,23,25)(H,24,26). The molecule has 0 spiro atoms. The number of carbonyl (C=O) groups is 2. The van der Waals surface area contributed by atoms with Gasteiger partial charge in [0, 0.05) is 19.0 Å². The number of hydrogen-bond acceptors (Lipinski definition) is 2. The van der Waals surface area contributed by atoms with Crippen molar-refractivity contribution in [1.29, 1.82) is 0 Å². The minimum atomic E-state index is -4.47. The highest BCUT2D eigenvalue weighted by molar-refractivity contribution is 5.97. The van der Waals surface area contributed by atoms with Gasteiger partial charge >= 0.3 is 6.18 Å². The molecule has 0 aromatic heterocycles. The predicted octanol–water partition coefficient (Wildman–Crippen LogP) is 3.53. The molecule has 0 aliphatic heterocycles. The van der Waals surface area contributed by atoms with Crippen LogP contribution in [0.1, 0.15) is 18.1 Å². The van der Waals surface area contributed by atoms with E-state index in [1.807, 2.05) is 0 Å². The van der Waals surface area contributed by atoms with Crippen LogP contribution in [0, 0.1) is 5.82 Å². The molecule has 4 nitrogen and oxygen atoms in total. The Kier molecular flexibility index (Phi) is 5.97. The number of benzene rings is 2. The molecule has 26 heavy (non-hydrogen) atoms. The molecule has 0 aliphatic carbocycles. The van der Waals surface area contributed by atoms with Crippen molar-refractivity contribution < 1.29 is 27.2 Å². The quantitative estimate of drug-likeness (QED) is 0.794. The average molecular weight is 368 g/mol. The van der Waals surface area contributed by atoms with Crippen LogP contribution in [0.15, 0.2) is 48.5 Å². The number of carbonyl (C=O) groups excluding carboxylic acids is 2. The lowest BCUT2D eigenvalue weighted by molar-refractivity contribution is -0.137. The van der Waals surface area contributed by atoms with E-state index < -0.39 is 35.4 Å². The summed E-state index contributed by atoms with van der Waals surface area (Å²) in [6, 6.07) is 8.48. The molecular weight excluding hydrogens is 352 g/mol. The molecule has 0 fully saturated rings. The molecular formula is C18H16F4N2O2. The minimum absolute atomic E-state index is 0.0316. The van der Waals surface area contributed by atoms with Crippen molar-refractivity contribution in [3.63, 3.8) is 0 Å². The molecule has 0 heterocycles. The van der Waals surface area contributed by atoms with E-state index in [0.29, 0.717) is 5.56 Å². The minimum Gasteiger partial charge on any atom is -0.344 e. The lowest BCUT2D eigenvalue weighted by atomic mass is 10.0. The molecule has 2 aromatic carbocycles. The summed E-state index contributed by atoms with van der Waals surface area (Å²) < 4.78 is 51.0. The molecule has 0 saturated heterocycles. The fraction of sp³-hybridized carbons (Fsp3) is 0.222. The van der Waals surface area contributed by atoms with Gasteiger partial charge in [0.05, 0.1) is 5.56 Å². The zero-order valence-corrected chi connectivity index (χ0v) is 13.7. The Morgan fingerprint density at radius 3 is 2.27 bits per heavy atom. The van der Waals surface area contributed by atoms with Gasteiger partial charge in [-0.05, 0) is 42.0 Å². The van der Waals surface area contributed by atoms with Crippen molar-refractivity contribution in [2.24, 2.45) is 0 Å². The smallest absolute Gasteiger partial charge is 0.344 e. The van der Waals surface area contributed by atoms with E-state index in [1.165, 1.54) is 25.1 Å². The van der Waals surface area contributed by atoms with E-state index in [4.69, 9.17) is 0 Å². The molecule has 138 valence electrons. The van der Waals surface area contributed by atoms with E-state index in [1.54, 1.807) is 6.07 Å². The summed E-state index contributed by atoms with van der Waals surface area (Å²) >= 11 is 0. The summed E-state index contributed by atoms with van der Waals surface area (Å²) in [6.45, 7) is 1.23. The summed E-state index contributed by atoms with van der Waals surface area (Å²) in [5.41, 5.74) is -0.197. The maximum Gasteiger partial charge on any atom is 0.416 e. The fourth-order valence-electron chi connectivity index (χ4n) is 2.33. The molecule has 2 aromatic rings. The first kappa shape index (κ1) is 19.4. The molecule has 0 bridgehead atoms. The maximum atomic E-state index is 13.3. The van der Waals surface area contributed by atoms with Gasteiger partial charge < -0.3 is 10.6 Å². The Balaban J connectivity index is 2.12. The van der Waals surface area contributed by atoms with Crippen LogP contribution in [0.5, 0.6) is 0 Å². The first-order valence-corrected chi connectivity index (χ1v) is 7.65. The topological polar surface area (TPSA) is 58.2 Å². The number of anilines is 1. The van der Waals surface area contributed by atoms with Gasteiger partial charge in [0.2, 0.25) is 11.8 Å². The Morgan fingerprint density at radius 1 is 1.08 bits per heavy atom. The van der Waals surface area contributed by atoms with E-state index in [2.05, 4.69) is 10.6 Å². The van der Waals surface area contributed by atoms with Crippen LogP contribution in [0.4, 0.5) is 23.2 Å². The SMILES string of the molecule is CC(=O)NC(Cc1cccc(F)c1)C(=O)Nc1ccc(C(F)(F)F)cc1. The first-order valence-electron chi connectivity index (χ1n) is 7.65. The number of nitrogens with one attached hydrogen (secondary N) is 2. The molecule has 2 rings (SSSR count). The number of hydrogen-bond donors (Lipinski definition) is 2. The third-order valence-corrected chi connectivity index (χ3v) is 3.50. The van der Waals surface area contributed by atoms with Crippen LogP contribution >= 0.6 is 0 Å². The van der Waals surface area contributed by atoms with Crippen LogP contribution in [-0.2, 0) is 22.2 Å². The van der Waals surface area contributed by atoms with Crippen molar-refractivity contribution in [3.05, 3.63) is 65.5 Å². The lowest BCUT2D eigenvalue weighted by Crippen LogP contribution is -2.44. The van der Waals surface area contributed by atoms with Crippen LogP contribution in [0.2, 0.25) is 0 Å². The normalized spacial score (nSPS) is 12.3. The van der Waals surface area contributed by atoms with Crippen LogP contribution in [0.25, 0.3) is 0 Å². The van der Waals surface area contributed by atoms with Gasteiger partial charge in [-0.15, -0.1) is 0 Å². The molecule has 8 heteroatoms. The first-order chi connectivity index (χ1) is 12.1. The highest BCUT2D eigenvalue weighted by atomic mass is 19.4. The third kappa shape index (κ3) is 5.58. The Labute approximate surface area is 147 Å². The van der Waals surface area contributed by atoms with E-state index in [9.17, 15) is 27.2 Å². The lowest BCUT2D eigenvalue weighted by Gasteiger charge is -2.18. The van der Waals surface area contributed by atoms with Gasteiger partial charge in [0.15, 0.2) is 0 Å². The summed E-state index contributed by atoms with van der Waals surface area (Å²) in [4.78, 5) is 23.7. The van der Waals surface area contributed by atoms with Crippen LogP contribution in [-0.4, -0.2) is 17.9 Å². The highest BCUT2D eigenvalue weighted by Crippen LogP contribution is 2.29. The van der Waals surface area contributed by atoms with Crippen LogP contribution in [0.3, 0.4) is 0 Å². The summed E-state index contributed by atoms with van der Waals surface area (Å²) in [5.74, 6) is -1.56. The van der Waals surface area contributed by atoms with Gasteiger partial charge in [-0.25, -0.2) is 4.39 Å². The van der Waals surface area contributed by atoms with E-state index in [-0.39, 0.29) is 12.1 Å². The van der Waals surface area contributed by atoms with Crippen molar-refractivity contribution in [3.8, 4) is 0 Å². The van der Waals surface area contributed by atoms with Gasteiger partial charge in [-0.1, -0.05) is 12.1 Å². The molecule has 2 N–H and O–H groups in total. The monoisotopic (exact) mass is 368 g/mol. The highest BCUT2D eigenvalue weighted by Gasteiger charge is 2.30. The Morgan fingerprint density at radius 2 is 1.73 bits per heavy atom. The molecule has 2 amide bonds. The second-order valence-corrected chi connectivity index (χ2v) is 5.65. The van der Waals surface area contributed by atoms with Gasteiger partial charge in [0.25, 0.3) is 0 Å². The summed E-state index contributed by atoms with van der Waals surface area (Å²) in [6.07, 6.45) is -4.44. The fourth-order valence-corrected chi connectivity index (χ4v) is 2.33. The molecule has 0 radical (unpaired) electrons. The van der Waals surface area contributed by atoms with E-state index >= 15 is 0 Å². The largest absolute Gasteiger partial charge is 0.416 e. The Hall–Kier alpha value is -2.90. The molecule has 0 aliphatic rings.